The molecule has 29 heavy (non-hydrogen) atoms. The van der Waals surface area contributed by atoms with Gasteiger partial charge in [-0.15, -0.1) is 6.58 Å². The lowest BCUT2D eigenvalue weighted by Crippen LogP contribution is -2.33. The molecule has 3 rings (SSSR count). The van der Waals surface area contributed by atoms with E-state index in [2.05, 4.69) is 6.58 Å². The number of anilines is 1. The molecule has 2 aromatic carbocycles. The number of imide groups is 1. The van der Waals surface area contributed by atoms with Crippen LogP contribution in [-0.2, 0) is 11.0 Å². The predicted molar refractivity (Wildman–Crippen MR) is 96.8 cm³/mol. The predicted octanol–water partition coefficient (Wildman–Crippen LogP) is 3.98. The number of aromatic hydroxyl groups is 1. The lowest BCUT2D eigenvalue weighted by atomic mass is 10.0. The summed E-state index contributed by atoms with van der Waals surface area (Å²) in [6.45, 7) is 3.53. The number of carbonyl (C=O) groups is 2. The number of phenolic OH excluding ortho intramolecular Hbond substituents is 1. The normalized spacial score (nSPS) is 16.8. The summed E-state index contributed by atoms with van der Waals surface area (Å²) >= 11 is 0. The molecule has 1 aliphatic heterocycles. The molecule has 0 aromatic heterocycles. The quantitative estimate of drug-likeness (QED) is 0.620. The van der Waals surface area contributed by atoms with E-state index in [1.807, 2.05) is 0 Å². The standard InChI is InChI=1S/C20H14F3N3O3/c1-2-9-25-17(12-4-7-15(27)8-5-12)18(28)26(19(25)29)14-6-3-13(11-24)16(10-14)20(21,22)23/h2-8,10,17,27H,1,9H2. The maximum Gasteiger partial charge on any atom is 0.417 e. The van der Waals surface area contributed by atoms with Gasteiger partial charge in [-0.2, -0.15) is 18.4 Å². The van der Waals surface area contributed by atoms with E-state index in [4.69, 9.17) is 5.26 Å². The van der Waals surface area contributed by atoms with Crippen LogP contribution in [0.2, 0.25) is 0 Å². The molecule has 0 spiro atoms. The van der Waals surface area contributed by atoms with E-state index < -0.39 is 35.3 Å². The zero-order valence-corrected chi connectivity index (χ0v) is 14.8. The van der Waals surface area contributed by atoms with Gasteiger partial charge in [-0.1, -0.05) is 18.2 Å². The second kappa shape index (κ2) is 7.31. The van der Waals surface area contributed by atoms with Crippen molar-refractivity contribution in [1.29, 1.82) is 5.26 Å². The molecule has 6 nitrogen and oxygen atoms in total. The number of hydrogen-bond acceptors (Lipinski definition) is 4. The topological polar surface area (TPSA) is 84.6 Å². The van der Waals surface area contributed by atoms with Crippen LogP contribution in [0.3, 0.4) is 0 Å². The highest BCUT2D eigenvalue weighted by Crippen LogP contribution is 2.38. The number of halogens is 3. The Morgan fingerprint density at radius 1 is 1.17 bits per heavy atom. The number of alkyl halides is 3. The molecule has 0 radical (unpaired) electrons. The number of urea groups is 1. The first-order valence-electron chi connectivity index (χ1n) is 8.34. The summed E-state index contributed by atoms with van der Waals surface area (Å²) in [5.74, 6) is -0.792. The maximum absolute atomic E-state index is 13.3. The fourth-order valence-electron chi connectivity index (χ4n) is 3.13. The third-order valence-electron chi connectivity index (χ3n) is 4.42. The number of nitriles is 1. The van der Waals surface area contributed by atoms with Crippen molar-refractivity contribution in [3.63, 3.8) is 0 Å². The summed E-state index contributed by atoms with van der Waals surface area (Å²) in [4.78, 5) is 27.7. The minimum Gasteiger partial charge on any atom is -0.508 e. The number of rotatable bonds is 4. The van der Waals surface area contributed by atoms with Crippen LogP contribution in [0.25, 0.3) is 0 Å². The van der Waals surface area contributed by atoms with Crippen LogP contribution in [-0.4, -0.2) is 28.5 Å². The van der Waals surface area contributed by atoms with Crippen LogP contribution in [0.5, 0.6) is 5.75 Å². The molecule has 1 saturated heterocycles. The van der Waals surface area contributed by atoms with Crippen molar-refractivity contribution in [2.45, 2.75) is 12.2 Å². The van der Waals surface area contributed by atoms with Crippen molar-refractivity contribution < 1.29 is 27.9 Å². The van der Waals surface area contributed by atoms with Gasteiger partial charge in [-0.3, -0.25) is 4.79 Å². The van der Waals surface area contributed by atoms with Crippen molar-refractivity contribution in [1.82, 2.24) is 4.90 Å². The first-order valence-corrected chi connectivity index (χ1v) is 8.34. The zero-order chi connectivity index (χ0) is 21.3. The van der Waals surface area contributed by atoms with Crippen LogP contribution in [0.4, 0.5) is 23.7 Å². The van der Waals surface area contributed by atoms with Gasteiger partial charge < -0.3 is 10.0 Å². The third-order valence-corrected chi connectivity index (χ3v) is 4.42. The molecule has 1 heterocycles. The van der Waals surface area contributed by atoms with Crippen LogP contribution in [0.15, 0.2) is 55.1 Å². The Morgan fingerprint density at radius 2 is 1.83 bits per heavy atom. The highest BCUT2D eigenvalue weighted by molar-refractivity contribution is 6.21. The molecule has 148 valence electrons. The van der Waals surface area contributed by atoms with Crippen LogP contribution in [0, 0.1) is 11.3 Å². The molecule has 1 atom stereocenters. The van der Waals surface area contributed by atoms with Gasteiger partial charge in [0.05, 0.1) is 22.9 Å². The lowest BCUT2D eigenvalue weighted by Gasteiger charge is -2.20. The Morgan fingerprint density at radius 3 is 2.38 bits per heavy atom. The molecule has 0 bridgehead atoms. The summed E-state index contributed by atoms with van der Waals surface area (Å²) in [6.07, 6.45) is -3.44. The molecule has 0 aliphatic carbocycles. The smallest absolute Gasteiger partial charge is 0.417 e. The zero-order valence-electron chi connectivity index (χ0n) is 14.8. The van der Waals surface area contributed by atoms with Crippen molar-refractivity contribution in [2.24, 2.45) is 0 Å². The van der Waals surface area contributed by atoms with E-state index in [9.17, 15) is 27.9 Å². The molecule has 1 fully saturated rings. The second-order valence-electron chi connectivity index (χ2n) is 6.23. The summed E-state index contributed by atoms with van der Waals surface area (Å²) in [5.41, 5.74) is -1.75. The largest absolute Gasteiger partial charge is 0.508 e. The first kappa shape index (κ1) is 19.9. The van der Waals surface area contributed by atoms with E-state index in [1.165, 1.54) is 36.4 Å². The van der Waals surface area contributed by atoms with Gasteiger partial charge in [-0.25, -0.2) is 9.69 Å². The van der Waals surface area contributed by atoms with Crippen molar-refractivity contribution in [3.05, 3.63) is 71.8 Å². The van der Waals surface area contributed by atoms with Crippen molar-refractivity contribution >= 4 is 17.6 Å². The fourth-order valence-corrected chi connectivity index (χ4v) is 3.13. The summed E-state index contributed by atoms with van der Waals surface area (Å²) < 4.78 is 39.9. The highest BCUT2D eigenvalue weighted by atomic mass is 19.4. The van der Waals surface area contributed by atoms with E-state index in [1.54, 1.807) is 0 Å². The number of nitrogens with zero attached hydrogens (tertiary/aromatic N) is 3. The van der Waals surface area contributed by atoms with Crippen LogP contribution in [0.1, 0.15) is 22.7 Å². The Labute approximate surface area is 163 Å². The van der Waals surface area contributed by atoms with E-state index in [-0.39, 0.29) is 18.0 Å². The van der Waals surface area contributed by atoms with Gasteiger partial charge in [-0.05, 0) is 35.9 Å². The van der Waals surface area contributed by atoms with Crippen molar-refractivity contribution in [2.75, 3.05) is 11.4 Å². The molecular formula is C20H14F3N3O3. The minimum atomic E-state index is -4.83. The Kier molecular flexibility index (Phi) is 5.03. The second-order valence-corrected chi connectivity index (χ2v) is 6.23. The average Bonchev–Trinajstić information content (AvgIpc) is 2.92. The van der Waals surface area contributed by atoms with Crippen LogP contribution >= 0.6 is 0 Å². The Bertz CT molecular complexity index is 1030. The van der Waals surface area contributed by atoms with E-state index >= 15 is 0 Å². The first-order chi connectivity index (χ1) is 13.7. The maximum atomic E-state index is 13.3. The van der Waals surface area contributed by atoms with Gasteiger partial charge in [0.25, 0.3) is 5.91 Å². The fraction of sp³-hybridized carbons (Fsp3) is 0.150. The van der Waals surface area contributed by atoms with Gasteiger partial charge in [0.15, 0.2) is 0 Å². The Hall–Kier alpha value is -3.80. The molecule has 9 heteroatoms. The third kappa shape index (κ3) is 3.52. The molecule has 1 aliphatic rings. The van der Waals surface area contributed by atoms with Gasteiger partial charge in [0.2, 0.25) is 0 Å². The monoisotopic (exact) mass is 401 g/mol. The SMILES string of the molecule is C=CCN1C(=O)N(c2ccc(C#N)c(C(F)(F)F)c2)C(=O)C1c1ccc(O)cc1. The summed E-state index contributed by atoms with van der Waals surface area (Å²) in [5, 5.41) is 18.4. The summed E-state index contributed by atoms with van der Waals surface area (Å²) in [6, 6.07) is 7.78. The molecule has 2 aromatic rings. The van der Waals surface area contributed by atoms with Crippen molar-refractivity contribution in [3.8, 4) is 11.8 Å². The van der Waals surface area contributed by atoms with Gasteiger partial charge in [0, 0.05) is 6.54 Å². The Balaban J connectivity index is 2.10. The minimum absolute atomic E-state index is 0.0188. The van der Waals surface area contributed by atoms with Crippen LogP contribution < -0.4 is 4.90 Å². The molecule has 1 N–H and O–H groups in total. The van der Waals surface area contributed by atoms with Gasteiger partial charge in [0.1, 0.15) is 11.8 Å². The molecule has 3 amide bonds. The average molecular weight is 401 g/mol. The van der Waals surface area contributed by atoms with Gasteiger partial charge >= 0.3 is 12.2 Å². The number of carbonyl (C=O) groups excluding carboxylic acids is 2. The number of phenols is 1. The molecule has 1 unspecified atom stereocenters. The highest BCUT2D eigenvalue weighted by Gasteiger charge is 2.47. The summed E-state index contributed by atoms with van der Waals surface area (Å²) in [7, 11) is 0. The number of amides is 3. The van der Waals surface area contributed by atoms with E-state index in [0.29, 0.717) is 16.5 Å². The molecule has 0 saturated carbocycles. The molecular weight excluding hydrogens is 387 g/mol. The van der Waals surface area contributed by atoms with E-state index in [0.717, 1.165) is 17.0 Å². The lowest BCUT2D eigenvalue weighted by molar-refractivity contribution is -0.137. The number of benzene rings is 2. The number of hydrogen-bond donors (Lipinski definition) is 1.